The number of anilines is 2. The van der Waals surface area contributed by atoms with Gasteiger partial charge in [-0.1, -0.05) is 0 Å². The number of primary amides is 1. The quantitative estimate of drug-likeness (QED) is 0.669. The molecule has 2 rings (SSSR count). The van der Waals surface area contributed by atoms with Gasteiger partial charge >= 0.3 is 0 Å². The number of methoxy groups -OCH3 is 1. The molecule has 102 valence electrons. The number of carbonyl (C=O) groups is 1. The number of ether oxygens (including phenoxy) is 1. The van der Waals surface area contributed by atoms with Crippen LogP contribution >= 0.6 is 0 Å². The fourth-order valence-corrected chi connectivity index (χ4v) is 1.73. The molecule has 2 N–H and O–H groups in total. The third-order valence-corrected chi connectivity index (χ3v) is 2.80. The number of hydrogen-bond donors (Lipinski definition) is 1. The molecule has 0 spiro atoms. The molecular weight excluding hydrogens is 258 g/mol. The molecule has 0 fully saturated rings. The number of nitrogens with two attached hydrogens (primary N) is 1. The zero-order chi connectivity index (χ0) is 14.5. The maximum Gasteiger partial charge on any atom is 0.248 e. The number of benzene rings is 2. The van der Waals surface area contributed by atoms with Crippen LogP contribution in [0, 0.1) is 4.91 Å². The van der Waals surface area contributed by atoms with Crippen LogP contribution in [0.5, 0.6) is 5.75 Å². The predicted molar refractivity (Wildman–Crippen MR) is 75.9 cm³/mol. The second kappa shape index (κ2) is 5.83. The summed E-state index contributed by atoms with van der Waals surface area (Å²) in [5.41, 5.74) is 6.66. The van der Waals surface area contributed by atoms with E-state index in [1.807, 2.05) is 0 Å². The van der Waals surface area contributed by atoms with Gasteiger partial charge < -0.3 is 10.5 Å². The largest absolute Gasteiger partial charge is 0.497 e. The van der Waals surface area contributed by atoms with Gasteiger partial charge in [-0.15, -0.1) is 4.91 Å². The van der Waals surface area contributed by atoms with Gasteiger partial charge in [-0.05, 0) is 48.5 Å². The van der Waals surface area contributed by atoms with Gasteiger partial charge in [0.15, 0.2) is 0 Å². The van der Waals surface area contributed by atoms with Gasteiger partial charge in [0.2, 0.25) is 5.91 Å². The molecule has 6 heteroatoms. The van der Waals surface area contributed by atoms with Crippen molar-refractivity contribution in [2.24, 2.45) is 11.0 Å². The zero-order valence-electron chi connectivity index (χ0n) is 10.8. The molecule has 0 saturated heterocycles. The normalized spacial score (nSPS) is 9.85. The van der Waals surface area contributed by atoms with Crippen molar-refractivity contribution >= 4 is 17.3 Å². The van der Waals surface area contributed by atoms with Crippen molar-refractivity contribution in [3.8, 4) is 5.75 Å². The van der Waals surface area contributed by atoms with E-state index in [0.717, 1.165) is 0 Å². The molecule has 0 heterocycles. The number of hydrogen-bond acceptors (Lipinski definition) is 4. The Morgan fingerprint density at radius 1 is 1.05 bits per heavy atom. The Labute approximate surface area is 115 Å². The van der Waals surface area contributed by atoms with Gasteiger partial charge in [-0.25, -0.2) is 0 Å². The topological polar surface area (TPSA) is 85.0 Å². The smallest absolute Gasteiger partial charge is 0.248 e. The molecule has 0 saturated carbocycles. The molecule has 0 atom stereocenters. The summed E-state index contributed by atoms with van der Waals surface area (Å²) in [4.78, 5) is 22.0. The molecule has 0 bridgehead atoms. The molecule has 0 aliphatic carbocycles. The SMILES string of the molecule is COc1ccc(N(N=O)c2ccc(C(N)=O)cc2)cc1. The molecule has 20 heavy (non-hydrogen) atoms. The van der Waals surface area contributed by atoms with Gasteiger partial charge in [0.05, 0.1) is 23.8 Å². The molecule has 2 aromatic carbocycles. The average molecular weight is 271 g/mol. The lowest BCUT2D eigenvalue weighted by molar-refractivity contribution is 0.100. The summed E-state index contributed by atoms with van der Waals surface area (Å²) < 4.78 is 5.05. The van der Waals surface area contributed by atoms with Crippen molar-refractivity contribution in [1.29, 1.82) is 0 Å². The van der Waals surface area contributed by atoms with E-state index < -0.39 is 5.91 Å². The van der Waals surface area contributed by atoms with Gasteiger partial charge in [0.25, 0.3) is 0 Å². The number of nitroso groups, excluding NO2 is 1. The van der Waals surface area contributed by atoms with E-state index in [1.54, 1.807) is 55.6 Å². The predicted octanol–water partition coefficient (Wildman–Crippen LogP) is 2.61. The molecule has 0 unspecified atom stereocenters. The Bertz CT molecular complexity index is 609. The first-order chi connectivity index (χ1) is 9.65. The van der Waals surface area contributed by atoms with Gasteiger partial charge in [0, 0.05) is 5.56 Å². The number of amides is 1. The van der Waals surface area contributed by atoms with E-state index >= 15 is 0 Å². The highest BCUT2D eigenvalue weighted by Gasteiger charge is 2.10. The first kappa shape index (κ1) is 13.5. The summed E-state index contributed by atoms with van der Waals surface area (Å²) in [7, 11) is 1.56. The van der Waals surface area contributed by atoms with E-state index in [9.17, 15) is 9.70 Å². The van der Waals surface area contributed by atoms with Crippen molar-refractivity contribution in [2.45, 2.75) is 0 Å². The molecule has 1 amide bonds. The van der Waals surface area contributed by atoms with E-state index in [4.69, 9.17) is 10.5 Å². The first-order valence-corrected chi connectivity index (χ1v) is 5.83. The van der Waals surface area contributed by atoms with Crippen molar-refractivity contribution in [3.63, 3.8) is 0 Å². The minimum absolute atomic E-state index is 0.370. The molecule has 0 radical (unpaired) electrons. The zero-order valence-corrected chi connectivity index (χ0v) is 10.8. The third-order valence-electron chi connectivity index (χ3n) is 2.80. The fraction of sp³-hybridized carbons (Fsp3) is 0.0714. The fourth-order valence-electron chi connectivity index (χ4n) is 1.73. The van der Waals surface area contributed by atoms with E-state index in [-0.39, 0.29) is 0 Å². The summed E-state index contributed by atoms with van der Waals surface area (Å²) in [6.07, 6.45) is 0. The summed E-state index contributed by atoms with van der Waals surface area (Å²) in [6, 6.07) is 13.2. The van der Waals surface area contributed by atoms with Crippen molar-refractivity contribution in [3.05, 3.63) is 59.0 Å². The summed E-state index contributed by atoms with van der Waals surface area (Å²) in [5.74, 6) is 0.162. The van der Waals surface area contributed by atoms with Crippen molar-refractivity contribution in [2.75, 3.05) is 12.1 Å². The first-order valence-electron chi connectivity index (χ1n) is 5.83. The number of rotatable bonds is 5. The second-order valence-corrected chi connectivity index (χ2v) is 4.00. The number of carbonyl (C=O) groups excluding carboxylic acids is 1. The Balaban J connectivity index is 2.31. The monoisotopic (exact) mass is 271 g/mol. The van der Waals surface area contributed by atoms with Crippen LogP contribution < -0.4 is 15.5 Å². The lowest BCUT2D eigenvalue weighted by atomic mass is 10.2. The Kier molecular flexibility index (Phi) is 3.95. The third kappa shape index (κ3) is 2.74. The molecule has 0 aliphatic heterocycles. The highest BCUT2D eigenvalue weighted by atomic mass is 16.5. The Hall–Kier alpha value is -2.89. The minimum atomic E-state index is -0.522. The second-order valence-electron chi connectivity index (χ2n) is 4.00. The number of nitrogens with zero attached hydrogens (tertiary/aromatic N) is 2. The molecule has 2 aromatic rings. The molecule has 0 aliphatic rings. The van der Waals surface area contributed by atoms with Gasteiger partial charge in [-0.3, -0.25) is 4.79 Å². The van der Waals surface area contributed by atoms with Crippen molar-refractivity contribution in [1.82, 2.24) is 0 Å². The lowest BCUT2D eigenvalue weighted by Gasteiger charge is -2.15. The summed E-state index contributed by atoms with van der Waals surface area (Å²) in [5, 5.41) is 4.20. The summed E-state index contributed by atoms with van der Waals surface area (Å²) >= 11 is 0. The van der Waals surface area contributed by atoms with E-state index in [1.165, 1.54) is 5.01 Å². The van der Waals surface area contributed by atoms with Crippen LogP contribution in [0.15, 0.2) is 53.8 Å². The van der Waals surface area contributed by atoms with Crippen LogP contribution in [-0.4, -0.2) is 13.0 Å². The summed E-state index contributed by atoms with van der Waals surface area (Å²) in [6.45, 7) is 0. The van der Waals surface area contributed by atoms with E-state index in [2.05, 4.69) is 5.29 Å². The van der Waals surface area contributed by atoms with Gasteiger partial charge in [0.1, 0.15) is 5.75 Å². The van der Waals surface area contributed by atoms with Gasteiger partial charge in [-0.2, -0.15) is 5.01 Å². The van der Waals surface area contributed by atoms with Crippen LogP contribution in [0.3, 0.4) is 0 Å². The highest BCUT2D eigenvalue weighted by molar-refractivity contribution is 5.93. The highest BCUT2D eigenvalue weighted by Crippen LogP contribution is 2.27. The van der Waals surface area contributed by atoms with Crippen LogP contribution in [0.25, 0.3) is 0 Å². The molecule has 0 aromatic heterocycles. The molecular formula is C14H13N3O3. The van der Waals surface area contributed by atoms with Crippen LogP contribution in [0.1, 0.15) is 10.4 Å². The average Bonchev–Trinajstić information content (AvgIpc) is 2.49. The Morgan fingerprint density at radius 2 is 1.55 bits per heavy atom. The van der Waals surface area contributed by atoms with Crippen LogP contribution in [0.2, 0.25) is 0 Å². The maximum absolute atomic E-state index is 11.0. The van der Waals surface area contributed by atoms with Crippen molar-refractivity contribution < 1.29 is 9.53 Å². The maximum atomic E-state index is 11.0. The standard InChI is InChI=1S/C14H13N3O3/c1-20-13-8-6-12(7-9-13)17(16-19)11-4-2-10(3-5-11)14(15)18/h2-9H,1H3,(H2,15,18). The lowest BCUT2D eigenvalue weighted by Crippen LogP contribution is -2.12. The van der Waals surface area contributed by atoms with E-state index in [0.29, 0.717) is 22.7 Å². The van der Waals surface area contributed by atoms with Crippen LogP contribution in [-0.2, 0) is 0 Å². The molecule has 6 nitrogen and oxygen atoms in total. The van der Waals surface area contributed by atoms with Crippen LogP contribution in [0.4, 0.5) is 11.4 Å². The Morgan fingerprint density at radius 3 is 1.95 bits per heavy atom. The minimum Gasteiger partial charge on any atom is -0.497 e.